The summed E-state index contributed by atoms with van der Waals surface area (Å²) >= 11 is 0. The Morgan fingerprint density at radius 1 is 0.885 bits per heavy atom. The summed E-state index contributed by atoms with van der Waals surface area (Å²) in [7, 11) is 0. The molecule has 5 rings (SSSR count). The Bertz CT molecular complexity index is 879. The van der Waals surface area contributed by atoms with Crippen molar-refractivity contribution in [3.63, 3.8) is 0 Å². The molecule has 3 aliphatic rings. The monoisotopic (exact) mass is 353 g/mol. The van der Waals surface area contributed by atoms with Gasteiger partial charge in [-0.2, -0.15) is 0 Å². The van der Waals surface area contributed by atoms with Gasteiger partial charge in [0, 0.05) is 13.1 Å². The molecule has 6 heteroatoms. The quantitative estimate of drug-likeness (QED) is 0.829. The molecule has 0 unspecified atom stereocenters. The first-order chi connectivity index (χ1) is 12.8. The van der Waals surface area contributed by atoms with Crippen LogP contribution in [-0.2, 0) is 24.2 Å². The summed E-state index contributed by atoms with van der Waals surface area (Å²) in [5.41, 5.74) is 3.31. The van der Waals surface area contributed by atoms with Crippen molar-refractivity contribution in [2.24, 2.45) is 0 Å². The summed E-state index contributed by atoms with van der Waals surface area (Å²) in [6.45, 7) is 2.71. The predicted octanol–water partition coefficient (Wildman–Crippen LogP) is 2.31. The zero-order chi connectivity index (χ0) is 17.5. The first-order valence-corrected chi connectivity index (χ1v) is 8.84. The van der Waals surface area contributed by atoms with E-state index in [-0.39, 0.29) is 12.7 Å². The van der Waals surface area contributed by atoms with Gasteiger partial charge < -0.3 is 23.8 Å². The number of amides is 1. The molecule has 0 aliphatic carbocycles. The molecule has 2 aromatic rings. The molecule has 0 fully saturated rings. The molecule has 0 spiro atoms. The number of hydrogen-bond donors (Lipinski definition) is 0. The molecule has 0 atom stereocenters. The highest BCUT2D eigenvalue weighted by Gasteiger charge is 2.25. The van der Waals surface area contributed by atoms with E-state index in [4.69, 9.17) is 18.9 Å². The van der Waals surface area contributed by atoms with Gasteiger partial charge in [0.15, 0.2) is 23.0 Å². The van der Waals surface area contributed by atoms with Gasteiger partial charge >= 0.3 is 0 Å². The molecule has 0 aromatic heterocycles. The average molecular weight is 353 g/mol. The Morgan fingerprint density at radius 2 is 1.62 bits per heavy atom. The zero-order valence-electron chi connectivity index (χ0n) is 14.3. The van der Waals surface area contributed by atoms with E-state index in [1.54, 1.807) is 0 Å². The van der Waals surface area contributed by atoms with Crippen LogP contribution in [-0.4, -0.2) is 37.4 Å². The van der Waals surface area contributed by atoms with Crippen molar-refractivity contribution >= 4 is 5.91 Å². The number of carbonyl (C=O) groups excluding carboxylic acids is 1. The van der Waals surface area contributed by atoms with Crippen molar-refractivity contribution in [1.29, 1.82) is 0 Å². The van der Waals surface area contributed by atoms with Gasteiger partial charge in [-0.1, -0.05) is 6.07 Å². The van der Waals surface area contributed by atoms with Gasteiger partial charge in [0.2, 0.25) is 12.7 Å². The minimum atomic E-state index is 0.116. The van der Waals surface area contributed by atoms with Crippen molar-refractivity contribution in [1.82, 2.24) is 4.90 Å². The van der Waals surface area contributed by atoms with Crippen LogP contribution in [0.5, 0.6) is 23.0 Å². The van der Waals surface area contributed by atoms with Crippen LogP contribution in [0.1, 0.15) is 16.7 Å². The summed E-state index contributed by atoms with van der Waals surface area (Å²) in [6, 6.07) is 9.76. The maximum absolute atomic E-state index is 12.8. The van der Waals surface area contributed by atoms with Crippen molar-refractivity contribution in [3.05, 3.63) is 47.0 Å². The second-order valence-corrected chi connectivity index (χ2v) is 6.69. The van der Waals surface area contributed by atoms with E-state index < -0.39 is 0 Å². The largest absolute Gasteiger partial charge is 0.486 e. The van der Waals surface area contributed by atoms with Crippen LogP contribution in [0, 0.1) is 0 Å². The topological polar surface area (TPSA) is 57.2 Å². The predicted molar refractivity (Wildman–Crippen MR) is 92.8 cm³/mol. The lowest BCUT2D eigenvalue weighted by Crippen LogP contribution is -2.36. The van der Waals surface area contributed by atoms with Gasteiger partial charge in [0.1, 0.15) is 13.2 Å². The summed E-state index contributed by atoms with van der Waals surface area (Å²) in [4.78, 5) is 14.7. The number of fused-ring (bicyclic) bond motifs is 3. The number of hydrogen-bond acceptors (Lipinski definition) is 5. The van der Waals surface area contributed by atoms with Crippen molar-refractivity contribution in [2.75, 3.05) is 26.6 Å². The number of benzene rings is 2. The van der Waals surface area contributed by atoms with E-state index in [1.165, 1.54) is 5.56 Å². The molecule has 134 valence electrons. The smallest absolute Gasteiger partial charge is 0.231 e. The molecule has 3 aliphatic heterocycles. The molecule has 0 bridgehead atoms. The lowest BCUT2D eigenvalue weighted by Gasteiger charge is -2.29. The molecule has 0 saturated carbocycles. The fraction of sp³-hybridized carbons (Fsp3) is 0.350. The minimum Gasteiger partial charge on any atom is -0.486 e. The maximum atomic E-state index is 12.8. The lowest BCUT2D eigenvalue weighted by molar-refractivity contribution is -0.131. The first kappa shape index (κ1) is 15.4. The van der Waals surface area contributed by atoms with E-state index in [0.29, 0.717) is 26.2 Å². The van der Waals surface area contributed by atoms with Gasteiger partial charge in [0.25, 0.3) is 0 Å². The van der Waals surface area contributed by atoms with Gasteiger partial charge in [-0.25, -0.2) is 0 Å². The number of carbonyl (C=O) groups is 1. The van der Waals surface area contributed by atoms with Crippen molar-refractivity contribution in [2.45, 2.75) is 19.4 Å². The Hall–Kier alpha value is -2.89. The van der Waals surface area contributed by atoms with E-state index in [2.05, 4.69) is 0 Å². The third-order valence-electron chi connectivity index (χ3n) is 5.02. The molecule has 1 amide bonds. The number of rotatable bonds is 2. The normalized spacial score (nSPS) is 17.0. The molecule has 0 N–H and O–H groups in total. The van der Waals surface area contributed by atoms with Crippen molar-refractivity contribution < 1.29 is 23.7 Å². The van der Waals surface area contributed by atoms with Crippen LogP contribution in [0.4, 0.5) is 0 Å². The van der Waals surface area contributed by atoms with Gasteiger partial charge in [-0.05, 0) is 47.4 Å². The van der Waals surface area contributed by atoms with E-state index in [1.807, 2.05) is 35.2 Å². The molecular formula is C20H19NO5. The molecule has 2 aromatic carbocycles. The summed E-state index contributed by atoms with van der Waals surface area (Å²) in [5, 5.41) is 0. The van der Waals surface area contributed by atoms with Crippen LogP contribution in [0.2, 0.25) is 0 Å². The van der Waals surface area contributed by atoms with E-state index in [9.17, 15) is 4.79 Å². The van der Waals surface area contributed by atoms with Gasteiger partial charge in [-0.3, -0.25) is 4.79 Å². The minimum absolute atomic E-state index is 0.116. The third kappa shape index (κ3) is 2.71. The zero-order valence-corrected chi connectivity index (χ0v) is 14.3. The van der Waals surface area contributed by atoms with E-state index >= 15 is 0 Å². The SMILES string of the molecule is O=C(Cc1ccc2c(c1)OCCO2)N1CCc2cc3c(cc2C1)OCO3. The fourth-order valence-corrected chi connectivity index (χ4v) is 3.64. The Morgan fingerprint density at radius 3 is 2.46 bits per heavy atom. The standard InChI is InChI=1S/C20H19NO5/c22-20(8-13-1-2-16-17(7-13)24-6-5-23-16)21-4-3-14-9-18-19(26-12-25-18)10-15(14)11-21/h1-2,7,9-10H,3-6,8,11-12H2. The van der Waals surface area contributed by atoms with Crippen LogP contribution in [0.3, 0.4) is 0 Å². The molecule has 0 saturated heterocycles. The summed E-state index contributed by atoms with van der Waals surface area (Å²) in [6.07, 6.45) is 1.19. The fourth-order valence-electron chi connectivity index (χ4n) is 3.64. The summed E-state index contributed by atoms with van der Waals surface area (Å²) < 4.78 is 22.0. The Balaban J connectivity index is 1.31. The van der Waals surface area contributed by atoms with E-state index in [0.717, 1.165) is 47.1 Å². The Labute approximate surface area is 151 Å². The number of nitrogens with zero attached hydrogens (tertiary/aromatic N) is 1. The average Bonchev–Trinajstić information content (AvgIpc) is 3.12. The van der Waals surface area contributed by atoms with Gasteiger partial charge in [-0.15, -0.1) is 0 Å². The molecular weight excluding hydrogens is 334 g/mol. The van der Waals surface area contributed by atoms with Crippen LogP contribution in [0.25, 0.3) is 0 Å². The Kier molecular flexibility index (Phi) is 3.62. The van der Waals surface area contributed by atoms with Crippen molar-refractivity contribution in [3.8, 4) is 23.0 Å². The number of ether oxygens (including phenoxy) is 4. The highest BCUT2D eigenvalue weighted by Crippen LogP contribution is 2.37. The van der Waals surface area contributed by atoms with Gasteiger partial charge in [0.05, 0.1) is 6.42 Å². The highest BCUT2D eigenvalue weighted by molar-refractivity contribution is 5.79. The lowest BCUT2D eigenvalue weighted by atomic mass is 9.98. The second kappa shape index (κ2) is 6.12. The molecule has 26 heavy (non-hydrogen) atoms. The second-order valence-electron chi connectivity index (χ2n) is 6.69. The van der Waals surface area contributed by atoms with Crippen LogP contribution >= 0.6 is 0 Å². The maximum Gasteiger partial charge on any atom is 0.231 e. The molecule has 3 heterocycles. The highest BCUT2D eigenvalue weighted by atomic mass is 16.7. The third-order valence-corrected chi connectivity index (χ3v) is 5.02. The molecule has 6 nitrogen and oxygen atoms in total. The first-order valence-electron chi connectivity index (χ1n) is 8.84. The summed E-state index contributed by atoms with van der Waals surface area (Å²) in [5.74, 6) is 3.16. The molecule has 0 radical (unpaired) electrons. The van der Waals surface area contributed by atoms with Crippen LogP contribution < -0.4 is 18.9 Å². The van der Waals surface area contributed by atoms with Crippen LogP contribution in [0.15, 0.2) is 30.3 Å².